The Kier molecular flexibility index (Phi) is 4.73. The Morgan fingerprint density at radius 2 is 2.10 bits per heavy atom. The fourth-order valence-electron chi connectivity index (χ4n) is 2.31. The van der Waals surface area contributed by atoms with E-state index >= 15 is 0 Å². The van der Waals surface area contributed by atoms with Gasteiger partial charge in [-0.1, -0.05) is 0 Å². The van der Waals surface area contributed by atoms with Crippen molar-refractivity contribution >= 4 is 26.0 Å². The van der Waals surface area contributed by atoms with Crippen LogP contribution < -0.4 is 10.1 Å². The standard InChI is InChI=1S/C13H19BrN2O3S/c1-9-10(2)16(7-6-15-9)20(17,18)13-5-4-11(19-3)8-12(13)14/h4-5,8-10,15H,6-7H2,1-3H3. The van der Waals surface area contributed by atoms with Gasteiger partial charge < -0.3 is 10.1 Å². The summed E-state index contributed by atoms with van der Waals surface area (Å²) >= 11 is 3.32. The van der Waals surface area contributed by atoms with Gasteiger partial charge in [-0.05, 0) is 48.0 Å². The molecule has 1 aliphatic heterocycles. The van der Waals surface area contributed by atoms with Gasteiger partial charge >= 0.3 is 0 Å². The predicted octanol–water partition coefficient (Wildman–Crippen LogP) is 1.83. The van der Waals surface area contributed by atoms with E-state index in [-0.39, 0.29) is 17.0 Å². The average Bonchev–Trinajstić information content (AvgIpc) is 2.41. The van der Waals surface area contributed by atoms with Gasteiger partial charge in [-0.15, -0.1) is 0 Å². The van der Waals surface area contributed by atoms with Gasteiger partial charge in [-0.3, -0.25) is 0 Å². The Bertz CT molecular complexity index is 591. The van der Waals surface area contributed by atoms with E-state index in [1.807, 2.05) is 13.8 Å². The highest BCUT2D eigenvalue weighted by Gasteiger charge is 2.35. The summed E-state index contributed by atoms with van der Waals surface area (Å²) in [4.78, 5) is 0.277. The van der Waals surface area contributed by atoms with Crippen LogP contribution in [0, 0.1) is 0 Å². The van der Waals surface area contributed by atoms with E-state index in [0.29, 0.717) is 23.3 Å². The molecule has 1 aromatic rings. The highest BCUT2D eigenvalue weighted by Crippen LogP contribution is 2.30. The van der Waals surface area contributed by atoms with Crippen molar-refractivity contribution < 1.29 is 13.2 Å². The summed E-state index contributed by atoms with van der Waals surface area (Å²) in [6, 6.07) is 4.97. The second-order valence-electron chi connectivity index (χ2n) is 4.90. The third-order valence-electron chi connectivity index (χ3n) is 3.70. The summed E-state index contributed by atoms with van der Waals surface area (Å²) in [5.41, 5.74) is 0. The number of nitrogens with zero attached hydrogens (tertiary/aromatic N) is 1. The first-order chi connectivity index (χ1) is 9.37. The molecule has 7 heteroatoms. The first kappa shape index (κ1) is 15.8. The van der Waals surface area contributed by atoms with Crippen LogP contribution in [0.1, 0.15) is 13.8 Å². The van der Waals surface area contributed by atoms with Gasteiger partial charge in [0.1, 0.15) is 5.75 Å². The Morgan fingerprint density at radius 3 is 2.70 bits per heavy atom. The normalized spacial score (nSPS) is 24.6. The molecule has 0 aromatic heterocycles. The largest absolute Gasteiger partial charge is 0.497 e. The quantitative estimate of drug-likeness (QED) is 0.890. The molecule has 0 saturated carbocycles. The number of rotatable bonds is 3. The van der Waals surface area contributed by atoms with Gasteiger partial charge in [-0.2, -0.15) is 4.31 Å². The second kappa shape index (κ2) is 6.01. The monoisotopic (exact) mass is 362 g/mol. The maximum Gasteiger partial charge on any atom is 0.244 e. The predicted molar refractivity (Wildman–Crippen MR) is 81.5 cm³/mol. The molecule has 0 bridgehead atoms. The van der Waals surface area contributed by atoms with Crippen LogP contribution in [0.4, 0.5) is 0 Å². The topological polar surface area (TPSA) is 58.6 Å². The van der Waals surface area contributed by atoms with Crippen LogP contribution in [0.5, 0.6) is 5.75 Å². The van der Waals surface area contributed by atoms with E-state index < -0.39 is 10.0 Å². The molecule has 1 heterocycles. The van der Waals surface area contributed by atoms with E-state index in [9.17, 15) is 8.42 Å². The Morgan fingerprint density at radius 1 is 1.40 bits per heavy atom. The van der Waals surface area contributed by atoms with Crippen LogP contribution >= 0.6 is 15.9 Å². The van der Waals surface area contributed by atoms with Gasteiger partial charge in [0.25, 0.3) is 0 Å². The summed E-state index contributed by atoms with van der Waals surface area (Å²) in [6.07, 6.45) is 0. The number of benzene rings is 1. The lowest BCUT2D eigenvalue weighted by atomic mass is 10.1. The average molecular weight is 363 g/mol. The van der Waals surface area contributed by atoms with Crippen LogP contribution in [-0.2, 0) is 10.0 Å². The molecule has 2 rings (SSSR count). The van der Waals surface area contributed by atoms with E-state index in [1.165, 1.54) is 0 Å². The Balaban J connectivity index is 2.39. The third-order valence-corrected chi connectivity index (χ3v) is 6.66. The van der Waals surface area contributed by atoms with Gasteiger partial charge in [0, 0.05) is 29.6 Å². The van der Waals surface area contributed by atoms with Crippen molar-refractivity contribution in [3.63, 3.8) is 0 Å². The first-order valence-electron chi connectivity index (χ1n) is 6.46. The molecule has 20 heavy (non-hydrogen) atoms. The molecule has 1 fully saturated rings. The zero-order chi connectivity index (χ0) is 14.9. The fourth-order valence-corrected chi connectivity index (χ4v) is 5.03. The van der Waals surface area contributed by atoms with Crippen LogP contribution in [0.25, 0.3) is 0 Å². The highest BCUT2D eigenvalue weighted by molar-refractivity contribution is 9.10. The number of piperazine rings is 1. The van der Waals surface area contributed by atoms with Crippen LogP contribution in [0.15, 0.2) is 27.6 Å². The lowest BCUT2D eigenvalue weighted by molar-refractivity contribution is 0.232. The Hall–Kier alpha value is -0.630. The fraction of sp³-hybridized carbons (Fsp3) is 0.538. The van der Waals surface area contributed by atoms with Crippen molar-refractivity contribution in [3.05, 3.63) is 22.7 Å². The molecule has 1 aliphatic rings. The van der Waals surface area contributed by atoms with Gasteiger partial charge in [0.05, 0.1) is 12.0 Å². The summed E-state index contributed by atoms with van der Waals surface area (Å²) in [5, 5.41) is 3.28. The number of nitrogens with one attached hydrogen (secondary N) is 1. The molecule has 2 unspecified atom stereocenters. The lowest BCUT2D eigenvalue weighted by Gasteiger charge is -2.37. The lowest BCUT2D eigenvalue weighted by Crippen LogP contribution is -2.57. The molecule has 1 aromatic carbocycles. The summed E-state index contributed by atoms with van der Waals surface area (Å²) in [6.45, 7) is 5.06. The number of hydrogen-bond donors (Lipinski definition) is 1. The van der Waals surface area contributed by atoms with Crippen molar-refractivity contribution in [2.24, 2.45) is 0 Å². The summed E-state index contributed by atoms with van der Waals surface area (Å²) in [7, 11) is -1.96. The molecule has 5 nitrogen and oxygen atoms in total. The van der Waals surface area contributed by atoms with Crippen molar-refractivity contribution in [1.82, 2.24) is 9.62 Å². The van der Waals surface area contributed by atoms with Gasteiger partial charge in [0.15, 0.2) is 0 Å². The van der Waals surface area contributed by atoms with Gasteiger partial charge in [-0.25, -0.2) is 8.42 Å². The number of sulfonamides is 1. The van der Waals surface area contributed by atoms with Crippen LogP contribution in [0.2, 0.25) is 0 Å². The highest BCUT2D eigenvalue weighted by atomic mass is 79.9. The van der Waals surface area contributed by atoms with E-state index in [0.717, 1.165) is 0 Å². The Labute approximate surface area is 128 Å². The van der Waals surface area contributed by atoms with Crippen molar-refractivity contribution in [3.8, 4) is 5.75 Å². The molecule has 0 amide bonds. The van der Waals surface area contributed by atoms with Crippen molar-refractivity contribution in [2.45, 2.75) is 30.8 Å². The summed E-state index contributed by atoms with van der Waals surface area (Å²) < 4.78 is 32.8. The number of methoxy groups -OCH3 is 1. The molecule has 2 atom stereocenters. The zero-order valence-corrected chi connectivity index (χ0v) is 14.2. The number of halogens is 1. The molecular formula is C13H19BrN2O3S. The molecular weight excluding hydrogens is 344 g/mol. The third kappa shape index (κ3) is 2.86. The van der Waals surface area contributed by atoms with E-state index in [2.05, 4.69) is 21.2 Å². The molecule has 0 radical (unpaired) electrons. The van der Waals surface area contributed by atoms with Crippen molar-refractivity contribution in [2.75, 3.05) is 20.2 Å². The summed E-state index contributed by atoms with van der Waals surface area (Å²) in [5.74, 6) is 0.623. The van der Waals surface area contributed by atoms with E-state index in [4.69, 9.17) is 4.74 Å². The minimum Gasteiger partial charge on any atom is -0.497 e. The maximum atomic E-state index is 12.8. The zero-order valence-electron chi connectivity index (χ0n) is 11.8. The molecule has 1 saturated heterocycles. The second-order valence-corrected chi connectivity index (χ2v) is 7.61. The van der Waals surface area contributed by atoms with Gasteiger partial charge in [0.2, 0.25) is 10.0 Å². The minimum absolute atomic E-state index is 0.0808. The van der Waals surface area contributed by atoms with Crippen molar-refractivity contribution in [1.29, 1.82) is 0 Å². The molecule has 112 valence electrons. The van der Waals surface area contributed by atoms with Crippen LogP contribution in [-0.4, -0.2) is 45.0 Å². The number of hydrogen-bond acceptors (Lipinski definition) is 4. The minimum atomic E-state index is -3.51. The SMILES string of the molecule is COc1ccc(S(=O)(=O)N2CCNC(C)C2C)c(Br)c1. The first-order valence-corrected chi connectivity index (χ1v) is 8.70. The molecule has 0 spiro atoms. The molecule has 0 aliphatic carbocycles. The molecule has 1 N–H and O–H groups in total. The smallest absolute Gasteiger partial charge is 0.244 e. The van der Waals surface area contributed by atoms with Crippen LogP contribution in [0.3, 0.4) is 0 Å². The maximum absolute atomic E-state index is 12.8. The van der Waals surface area contributed by atoms with E-state index in [1.54, 1.807) is 29.6 Å². The number of ether oxygens (including phenoxy) is 1.